The van der Waals surface area contributed by atoms with Gasteiger partial charge in [0.05, 0.1) is 5.56 Å². The topological polar surface area (TPSA) is 55.1 Å². The number of primary amides is 1. The van der Waals surface area contributed by atoms with Gasteiger partial charge in [-0.2, -0.15) is 0 Å². The number of rotatable bonds is 5. The number of carbonyl (C=O) groups is 1. The van der Waals surface area contributed by atoms with Crippen LogP contribution in [0.15, 0.2) is 35.7 Å². The van der Waals surface area contributed by atoms with E-state index in [1.54, 1.807) is 5.38 Å². The van der Waals surface area contributed by atoms with Gasteiger partial charge < -0.3 is 11.1 Å². The van der Waals surface area contributed by atoms with Gasteiger partial charge in [0.15, 0.2) is 0 Å². The molecule has 1 amide bonds. The SMILES string of the molecule is CC(C)(C)[C@@H](NCc1cc(C(N)=O)cs1)c1ccc(F)cc1. The molecule has 0 unspecified atom stereocenters. The minimum atomic E-state index is -0.409. The highest BCUT2D eigenvalue weighted by atomic mass is 32.1. The maximum atomic E-state index is 13.1. The van der Waals surface area contributed by atoms with Gasteiger partial charge in [0.25, 0.3) is 0 Å². The quantitative estimate of drug-likeness (QED) is 0.879. The number of nitrogens with two attached hydrogens (primary N) is 1. The Labute approximate surface area is 134 Å². The second kappa shape index (κ2) is 6.58. The Bertz CT molecular complexity index is 643. The Balaban J connectivity index is 2.13. The zero-order valence-electron chi connectivity index (χ0n) is 13.0. The monoisotopic (exact) mass is 320 g/mol. The fourth-order valence-corrected chi connectivity index (χ4v) is 3.21. The lowest BCUT2D eigenvalue weighted by atomic mass is 9.82. The molecule has 2 aromatic rings. The standard InChI is InChI=1S/C17H21FN2OS/c1-17(2,3)15(11-4-6-13(18)7-5-11)20-9-14-8-12(10-22-14)16(19)21/h4-8,10,15,20H,9H2,1-3H3,(H2,19,21)/t15-/m0/s1. The molecule has 0 saturated carbocycles. The van der Waals surface area contributed by atoms with Crippen LogP contribution in [0.1, 0.15) is 47.6 Å². The average molecular weight is 320 g/mol. The smallest absolute Gasteiger partial charge is 0.249 e. The van der Waals surface area contributed by atoms with Crippen LogP contribution in [0, 0.1) is 11.2 Å². The molecule has 1 aromatic carbocycles. The Morgan fingerprint density at radius 2 is 1.95 bits per heavy atom. The third kappa shape index (κ3) is 4.15. The summed E-state index contributed by atoms with van der Waals surface area (Å²) >= 11 is 1.50. The van der Waals surface area contributed by atoms with Crippen molar-refractivity contribution >= 4 is 17.2 Å². The summed E-state index contributed by atoms with van der Waals surface area (Å²) in [5.41, 5.74) is 6.82. The van der Waals surface area contributed by atoms with E-state index in [4.69, 9.17) is 5.73 Å². The molecule has 5 heteroatoms. The zero-order valence-corrected chi connectivity index (χ0v) is 13.8. The minimum absolute atomic E-state index is 0.0262. The summed E-state index contributed by atoms with van der Waals surface area (Å²) in [4.78, 5) is 12.2. The van der Waals surface area contributed by atoms with Crippen molar-refractivity contribution in [3.05, 3.63) is 57.5 Å². The molecule has 2 rings (SSSR count). The molecule has 0 fully saturated rings. The van der Waals surface area contributed by atoms with Gasteiger partial charge in [0.2, 0.25) is 5.91 Å². The highest BCUT2D eigenvalue weighted by Crippen LogP contribution is 2.33. The van der Waals surface area contributed by atoms with Gasteiger partial charge in [-0.05, 0) is 29.2 Å². The molecule has 0 radical (unpaired) electrons. The molecule has 1 aromatic heterocycles. The number of amides is 1. The summed E-state index contributed by atoms with van der Waals surface area (Å²) in [6.07, 6.45) is 0. The molecule has 0 saturated heterocycles. The van der Waals surface area contributed by atoms with Crippen LogP contribution in [0.2, 0.25) is 0 Å². The summed E-state index contributed by atoms with van der Waals surface area (Å²) in [7, 11) is 0. The van der Waals surface area contributed by atoms with E-state index in [0.29, 0.717) is 12.1 Å². The van der Waals surface area contributed by atoms with Crippen LogP contribution >= 0.6 is 11.3 Å². The molecule has 0 aliphatic heterocycles. The molecule has 3 nitrogen and oxygen atoms in total. The largest absolute Gasteiger partial charge is 0.366 e. The lowest BCUT2D eigenvalue weighted by Crippen LogP contribution is -2.31. The summed E-state index contributed by atoms with van der Waals surface area (Å²) in [5, 5.41) is 5.27. The van der Waals surface area contributed by atoms with Crippen molar-refractivity contribution in [3.8, 4) is 0 Å². The second-order valence-corrected chi connectivity index (χ2v) is 7.39. The highest BCUT2D eigenvalue weighted by molar-refractivity contribution is 7.10. The number of halogens is 1. The van der Waals surface area contributed by atoms with E-state index in [2.05, 4.69) is 26.1 Å². The third-order valence-corrected chi connectivity index (χ3v) is 4.42. The van der Waals surface area contributed by atoms with Crippen LogP contribution in [-0.2, 0) is 6.54 Å². The van der Waals surface area contributed by atoms with Crippen molar-refractivity contribution in [2.75, 3.05) is 0 Å². The van der Waals surface area contributed by atoms with Crippen molar-refractivity contribution in [1.29, 1.82) is 0 Å². The normalized spacial score (nSPS) is 13.1. The van der Waals surface area contributed by atoms with Crippen molar-refractivity contribution in [3.63, 3.8) is 0 Å². The van der Waals surface area contributed by atoms with Gasteiger partial charge in [-0.15, -0.1) is 11.3 Å². The molecule has 0 spiro atoms. The van der Waals surface area contributed by atoms with Crippen molar-refractivity contribution in [2.45, 2.75) is 33.4 Å². The molecule has 3 N–H and O–H groups in total. The molecule has 1 heterocycles. The number of hydrogen-bond donors (Lipinski definition) is 2. The van der Waals surface area contributed by atoms with Crippen molar-refractivity contribution in [2.24, 2.45) is 11.1 Å². The molecule has 0 aliphatic carbocycles. The van der Waals surface area contributed by atoms with Gasteiger partial charge >= 0.3 is 0 Å². The number of nitrogens with one attached hydrogen (secondary N) is 1. The average Bonchev–Trinajstić information content (AvgIpc) is 2.88. The second-order valence-electron chi connectivity index (χ2n) is 6.40. The molecular weight excluding hydrogens is 299 g/mol. The van der Waals surface area contributed by atoms with Crippen LogP contribution in [-0.4, -0.2) is 5.91 Å². The lowest BCUT2D eigenvalue weighted by molar-refractivity contribution is 0.100. The molecule has 0 aliphatic rings. The third-order valence-electron chi connectivity index (χ3n) is 3.49. The Morgan fingerprint density at radius 3 is 2.45 bits per heavy atom. The summed E-state index contributed by atoms with van der Waals surface area (Å²) < 4.78 is 13.1. The van der Waals surface area contributed by atoms with Crippen molar-refractivity contribution in [1.82, 2.24) is 5.32 Å². The fourth-order valence-electron chi connectivity index (χ4n) is 2.38. The van der Waals surface area contributed by atoms with Gasteiger partial charge in [0.1, 0.15) is 5.82 Å². The van der Waals surface area contributed by atoms with Crippen LogP contribution in [0.5, 0.6) is 0 Å². The van der Waals surface area contributed by atoms with E-state index < -0.39 is 5.91 Å². The van der Waals surface area contributed by atoms with E-state index in [0.717, 1.165) is 10.4 Å². The van der Waals surface area contributed by atoms with Gasteiger partial charge in [-0.25, -0.2) is 4.39 Å². The predicted octanol–water partition coefficient (Wildman–Crippen LogP) is 3.86. The highest BCUT2D eigenvalue weighted by Gasteiger charge is 2.26. The van der Waals surface area contributed by atoms with Gasteiger partial charge in [-0.1, -0.05) is 32.9 Å². The van der Waals surface area contributed by atoms with Crippen LogP contribution in [0.4, 0.5) is 4.39 Å². The first kappa shape index (κ1) is 16.6. The number of thiophene rings is 1. The molecule has 22 heavy (non-hydrogen) atoms. The summed E-state index contributed by atoms with van der Waals surface area (Å²) in [5.74, 6) is -0.644. The molecule has 0 bridgehead atoms. The van der Waals surface area contributed by atoms with Crippen LogP contribution in [0.25, 0.3) is 0 Å². The number of carbonyl (C=O) groups excluding carboxylic acids is 1. The Hall–Kier alpha value is -1.72. The fraction of sp³-hybridized carbons (Fsp3) is 0.353. The first-order valence-electron chi connectivity index (χ1n) is 7.13. The summed E-state index contributed by atoms with van der Waals surface area (Å²) in [6, 6.07) is 8.46. The van der Waals surface area contributed by atoms with Gasteiger partial charge in [-0.3, -0.25) is 4.79 Å². The Kier molecular flexibility index (Phi) is 4.98. The first-order valence-corrected chi connectivity index (χ1v) is 8.01. The molecule has 118 valence electrons. The molecule has 1 atom stereocenters. The van der Waals surface area contributed by atoms with E-state index in [1.165, 1.54) is 23.5 Å². The van der Waals surface area contributed by atoms with E-state index >= 15 is 0 Å². The zero-order chi connectivity index (χ0) is 16.3. The van der Waals surface area contributed by atoms with E-state index in [1.807, 2.05) is 18.2 Å². The lowest BCUT2D eigenvalue weighted by Gasteiger charge is -2.32. The van der Waals surface area contributed by atoms with E-state index in [-0.39, 0.29) is 17.3 Å². The van der Waals surface area contributed by atoms with Crippen LogP contribution in [0.3, 0.4) is 0 Å². The number of benzene rings is 1. The van der Waals surface area contributed by atoms with Gasteiger partial charge in [0, 0.05) is 22.8 Å². The first-order chi connectivity index (χ1) is 10.3. The number of hydrogen-bond acceptors (Lipinski definition) is 3. The molecular formula is C17H21FN2OS. The van der Waals surface area contributed by atoms with Crippen molar-refractivity contribution < 1.29 is 9.18 Å². The maximum absolute atomic E-state index is 13.1. The maximum Gasteiger partial charge on any atom is 0.249 e. The minimum Gasteiger partial charge on any atom is -0.366 e. The summed E-state index contributed by atoms with van der Waals surface area (Å²) in [6.45, 7) is 7.04. The van der Waals surface area contributed by atoms with Crippen LogP contribution < -0.4 is 11.1 Å². The predicted molar refractivity (Wildman–Crippen MR) is 88.3 cm³/mol. The van der Waals surface area contributed by atoms with E-state index in [9.17, 15) is 9.18 Å². The Morgan fingerprint density at radius 1 is 1.32 bits per heavy atom.